The summed E-state index contributed by atoms with van der Waals surface area (Å²) >= 11 is 0. The molecule has 0 saturated carbocycles. The maximum atomic E-state index is 13.3. The number of pyridine rings is 1. The summed E-state index contributed by atoms with van der Waals surface area (Å²) < 4.78 is 20.6. The van der Waals surface area contributed by atoms with Crippen molar-refractivity contribution in [3.8, 4) is 11.4 Å². The SMILES string of the molecule is Cc1ncc(OCc2ccc3c(c2)c(=O)c(C(N)=O)cn3-c2ccc(F)cc2)cn1. The number of amides is 1. The molecule has 30 heavy (non-hydrogen) atoms. The number of hydrogen-bond acceptors (Lipinski definition) is 5. The summed E-state index contributed by atoms with van der Waals surface area (Å²) in [5.41, 5.74) is 6.64. The van der Waals surface area contributed by atoms with Crippen LogP contribution in [0.2, 0.25) is 0 Å². The van der Waals surface area contributed by atoms with E-state index in [1.54, 1.807) is 54.2 Å². The number of carbonyl (C=O) groups excluding carboxylic acids is 1. The molecule has 0 unspecified atom stereocenters. The Balaban J connectivity index is 1.79. The zero-order valence-electron chi connectivity index (χ0n) is 16.0. The third-order valence-electron chi connectivity index (χ3n) is 4.60. The predicted molar refractivity (Wildman–Crippen MR) is 109 cm³/mol. The fourth-order valence-electron chi connectivity index (χ4n) is 3.08. The first-order chi connectivity index (χ1) is 14.4. The van der Waals surface area contributed by atoms with Gasteiger partial charge in [-0.05, 0) is 48.9 Å². The average molecular weight is 404 g/mol. The number of aryl methyl sites for hydroxylation is 1. The monoisotopic (exact) mass is 404 g/mol. The molecule has 2 heterocycles. The Morgan fingerprint density at radius 3 is 2.50 bits per heavy atom. The van der Waals surface area contributed by atoms with Crippen LogP contribution in [0, 0.1) is 12.7 Å². The summed E-state index contributed by atoms with van der Waals surface area (Å²) in [5, 5.41) is 0.303. The van der Waals surface area contributed by atoms with Crippen LogP contribution in [0.1, 0.15) is 21.7 Å². The molecule has 4 rings (SSSR count). The fourth-order valence-corrected chi connectivity index (χ4v) is 3.08. The van der Waals surface area contributed by atoms with Gasteiger partial charge in [0.05, 0.1) is 17.9 Å². The van der Waals surface area contributed by atoms with Crippen molar-refractivity contribution in [2.45, 2.75) is 13.5 Å². The summed E-state index contributed by atoms with van der Waals surface area (Å²) in [4.78, 5) is 32.8. The highest BCUT2D eigenvalue weighted by atomic mass is 19.1. The van der Waals surface area contributed by atoms with Gasteiger partial charge in [-0.3, -0.25) is 9.59 Å². The molecule has 0 aliphatic rings. The van der Waals surface area contributed by atoms with Crippen molar-refractivity contribution in [1.29, 1.82) is 0 Å². The highest BCUT2D eigenvalue weighted by Crippen LogP contribution is 2.20. The lowest BCUT2D eigenvalue weighted by atomic mass is 10.1. The first-order valence-electron chi connectivity index (χ1n) is 9.08. The number of benzene rings is 2. The molecule has 0 saturated heterocycles. The summed E-state index contributed by atoms with van der Waals surface area (Å²) in [6, 6.07) is 10.9. The summed E-state index contributed by atoms with van der Waals surface area (Å²) in [5.74, 6) is -0.0985. The van der Waals surface area contributed by atoms with Gasteiger partial charge in [0, 0.05) is 17.3 Å². The molecule has 0 fully saturated rings. The van der Waals surface area contributed by atoms with Gasteiger partial charge in [-0.2, -0.15) is 0 Å². The lowest BCUT2D eigenvalue weighted by Crippen LogP contribution is -2.24. The predicted octanol–water partition coefficient (Wildman–Crippen LogP) is 2.91. The van der Waals surface area contributed by atoms with Crippen molar-refractivity contribution < 1.29 is 13.9 Å². The minimum absolute atomic E-state index is 0.156. The van der Waals surface area contributed by atoms with Crippen molar-refractivity contribution in [3.05, 3.63) is 94.0 Å². The molecular formula is C22H17FN4O3. The van der Waals surface area contributed by atoms with Gasteiger partial charge in [0.15, 0.2) is 5.75 Å². The minimum atomic E-state index is -0.837. The topological polar surface area (TPSA) is 100 Å². The van der Waals surface area contributed by atoms with Crippen LogP contribution >= 0.6 is 0 Å². The minimum Gasteiger partial charge on any atom is -0.486 e. The molecule has 0 bridgehead atoms. The smallest absolute Gasteiger partial charge is 0.254 e. The molecule has 2 aromatic carbocycles. The Labute approximate surface area is 170 Å². The molecule has 1 amide bonds. The van der Waals surface area contributed by atoms with Gasteiger partial charge >= 0.3 is 0 Å². The first-order valence-corrected chi connectivity index (χ1v) is 9.08. The molecule has 8 heteroatoms. The standard InChI is InChI=1S/C22H17FN4O3/c1-13-25-9-17(10-26-13)30-12-14-2-7-20-18(8-14)21(28)19(22(24)29)11-27(20)16-5-3-15(23)4-6-16/h2-11H,12H2,1H3,(H2,24,29). The van der Waals surface area contributed by atoms with Crippen molar-refractivity contribution in [2.75, 3.05) is 0 Å². The number of rotatable bonds is 5. The first kappa shape index (κ1) is 19.3. The molecule has 0 atom stereocenters. The van der Waals surface area contributed by atoms with E-state index in [0.29, 0.717) is 33.7 Å². The summed E-state index contributed by atoms with van der Waals surface area (Å²) in [7, 11) is 0. The van der Waals surface area contributed by atoms with E-state index in [1.807, 2.05) is 0 Å². The quantitative estimate of drug-likeness (QED) is 0.551. The lowest BCUT2D eigenvalue weighted by Gasteiger charge is -2.14. The van der Waals surface area contributed by atoms with Gasteiger partial charge in [0.2, 0.25) is 5.43 Å². The maximum Gasteiger partial charge on any atom is 0.254 e. The number of ether oxygens (including phenoxy) is 1. The number of nitrogens with zero attached hydrogens (tertiary/aromatic N) is 3. The molecule has 150 valence electrons. The fraction of sp³-hybridized carbons (Fsp3) is 0.0909. The molecule has 7 nitrogen and oxygen atoms in total. The number of primary amides is 1. The Hall–Kier alpha value is -4.07. The van der Waals surface area contributed by atoms with Gasteiger partial charge < -0.3 is 15.0 Å². The van der Waals surface area contributed by atoms with Crippen molar-refractivity contribution in [3.63, 3.8) is 0 Å². The Morgan fingerprint density at radius 1 is 1.13 bits per heavy atom. The number of halogens is 1. The van der Waals surface area contributed by atoms with Crippen LogP contribution in [0.4, 0.5) is 4.39 Å². The van der Waals surface area contributed by atoms with E-state index in [-0.39, 0.29) is 12.2 Å². The van der Waals surface area contributed by atoms with Crippen molar-refractivity contribution in [2.24, 2.45) is 5.73 Å². The van der Waals surface area contributed by atoms with Crippen molar-refractivity contribution in [1.82, 2.24) is 14.5 Å². The molecule has 0 spiro atoms. The molecule has 0 radical (unpaired) electrons. The van der Waals surface area contributed by atoms with Gasteiger partial charge in [0.1, 0.15) is 23.8 Å². The van der Waals surface area contributed by atoms with Crippen LogP contribution < -0.4 is 15.9 Å². The van der Waals surface area contributed by atoms with Gasteiger partial charge in [-0.15, -0.1) is 0 Å². The van der Waals surface area contributed by atoms with E-state index in [0.717, 1.165) is 0 Å². The van der Waals surface area contributed by atoms with E-state index in [4.69, 9.17) is 10.5 Å². The van der Waals surface area contributed by atoms with E-state index >= 15 is 0 Å². The number of aromatic nitrogens is 3. The zero-order chi connectivity index (χ0) is 21.3. The molecule has 2 N–H and O–H groups in total. The second kappa shape index (κ2) is 7.75. The second-order valence-corrected chi connectivity index (χ2v) is 6.69. The normalized spacial score (nSPS) is 10.9. The van der Waals surface area contributed by atoms with Crippen LogP contribution in [0.5, 0.6) is 5.75 Å². The van der Waals surface area contributed by atoms with Crippen LogP contribution in [0.25, 0.3) is 16.6 Å². The highest BCUT2D eigenvalue weighted by Gasteiger charge is 2.15. The van der Waals surface area contributed by atoms with Gasteiger partial charge in [-0.1, -0.05) is 6.07 Å². The van der Waals surface area contributed by atoms with Crippen LogP contribution in [-0.4, -0.2) is 20.4 Å². The molecule has 4 aromatic rings. The van der Waals surface area contributed by atoms with Crippen LogP contribution in [0.15, 0.2) is 65.8 Å². The van der Waals surface area contributed by atoms with Crippen molar-refractivity contribution >= 4 is 16.8 Å². The Kier molecular flexibility index (Phi) is 4.97. The lowest BCUT2D eigenvalue weighted by molar-refractivity contribution is 0.0999. The molecule has 2 aromatic heterocycles. The number of nitrogens with two attached hydrogens (primary N) is 1. The largest absolute Gasteiger partial charge is 0.486 e. The third kappa shape index (κ3) is 3.75. The average Bonchev–Trinajstić information content (AvgIpc) is 2.74. The number of fused-ring (bicyclic) bond motifs is 1. The number of carbonyl (C=O) groups is 1. The summed E-state index contributed by atoms with van der Waals surface area (Å²) in [6.45, 7) is 1.95. The molecule has 0 aliphatic heterocycles. The summed E-state index contributed by atoms with van der Waals surface area (Å²) in [6.07, 6.45) is 4.51. The zero-order valence-corrected chi connectivity index (χ0v) is 16.0. The highest BCUT2D eigenvalue weighted by molar-refractivity contribution is 5.96. The van der Waals surface area contributed by atoms with Crippen LogP contribution in [0.3, 0.4) is 0 Å². The third-order valence-corrected chi connectivity index (χ3v) is 4.60. The number of hydrogen-bond donors (Lipinski definition) is 1. The second-order valence-electron chi connectivity index (χ2n) is 6.69. The van der Waals surface area contributed by atoms with Gasteiger partial charge in [-0.25, -0.2) is 14.4 Å². The molecule has 0 aliphatic carbocycles. The Bertz CT molecular complexity index is 1300. The van der Waals surface area contributed by atoms with E-state index in [1.165, 1.54) is 18.3 Å². The van der Waals surface area contributed by atoms with Gasteiger partial charge in [0.25, 0.3) is 5.91 Å². The van der Waals surface area contributed by atoms with Crippen LogP contribution in [-0.2, 0) is 6.61 Å². The Morgan fingerprint density at radius 2 is 1.83 bits per heavy atom. The molecular weight excluding hydrogens is 387 g/mol. The van der Waals surface area contributed by atoms with E-state index in [2.05, 4.69) is 9.97 Å². The van der Waals surface area contributed by atoms with E-state index < -0.39 is 17.2 Å². The maximum absolute atomic E-state index is 13.3. The van der Waals surface area contributed by atoms with E-state index in [9.17, 15) is 14.0 Å².